The average molecular weight is 315 g/mol. The van der Waals surface area contributed by atoms with E-state index < -0.39 is 0 Å². The molecule has 0 aliphatic rings. The molecule has 4 heteroatoms. The van der Waals surface area contributed by atoms with Crippen molar-refractivity contribution >= 4 is 16.9 Å². The van der Waals surface area contributed by atoms with E-state index in [4.69, 9.17) is 9.47 Å². The molecule has 0 saturated carbocycles. The molecular weight excluding hydrogens is 290 g/mol. The van der Waals surface area contributed by atoms with E-state index in [9.17, 15) is 4.79 Å². The van der Waals surface area contributed by atoms with Crippen molar-refractivity contribution in [3.63, 3.8) is 0 Å². The summed E-state index contributed by atoms with van der Waals surface area (Å²) in [4.78, 5) is 12.4. The molecule has 0 bridgehead atoms. The maximum atomic E-state index is 12.4. The monoisotopic (exact) mass is 315 g/mol. The van der Waals surface area contributed by atoms with Crippen molar-refractivity contribution < 1.29 is 14.3 Å². The van der Waals surface area contributed by atoms with Gasteiger partial charge in [-0.05, 0) is 38.0 Å². The van der Waals surface area contributed by atoms with E-state index in [1.807, 2.05) is 32.0 Å². The van der Waals surface area contributed by atoms with Crippen LogP contribution in [-0.4, -0.2) is 23.8 Å². The predicted octanol–water partition coefficient (Wildman–Crippen LogP) is 4.35. The van der Waals surface area contributed by atoms with Crippen LogP contribution in [0.1, 0.15) is 36.8 Å². The molecule has 0 amide bonds. The number of rotatable bonds is 7. The Hall–Kier alpha value is -2.23. The first-order valence-corrected chi connectivity index (χ1v) is 8.03. The Bertz CT molecular complexity index is 713. The van der Waals surface area contributed by atoms with Crippen LogP contribution in [0.25, 0.3) is 10.9 Å². The zero-order chi connectivity index (χ0) is 17.0. The van der Waals surface area contributed by atoms with Gasteiger partial charge in [-0.25, -0.2) is 4.79 Å². The Morgan fingerprint density at radius 3 is 2.74 bits per heavy atom. The lowest BCUT2D eigenvalue weighted by Crippen LogP contribution is -2.09. The van der Waals surface area contributed by atoms with Gasteiger partial charge in [-0.15, -0.1) is 0 Å². The largest absolute Gasteiger partial charge is 0.490 e. The van der Waals surface area contributed by atoms with Gasteiger partial charge in [0.15, 0.2) is 0 Å². The van der Waals surface area contributed by atoms with E-state index >= 15 is 0 Å². The summed E-state index contributed by atoms with van der Waals surface area (Å²) in [5, 5.41) is 0.878. The van der Waals surface area contributed by atoms with Crippen LogP contribution in [0.15, 0.2) is 30.9 Å². The number of carbonyl (C=O) groups excluding carboxylic acids is 1. The first-order valence-electron chi connectivity index (χ1n) is 8.03. The molecule has 0 atom stereocenters. The number of esters is 1. The molecule has 0 spiro atoms. The molecule has 0 N–H and O–H groups in total. The lowest BCUT2D eigenvalue weighted by Gasteiger charge is -2.11. The van der Waals surface area contributed by atoms with E-state index in [1.165, 1.54) is 0 Å². The number of ether oxygens (including phenoxy) is 2. The molecule has 1 aromatic heterocycles. The van der Waals surface area contributed by atoms with Crippen molar-refractivity contribution in [1.82, 2.24) is 4.57 Å². The summed E-state index contributed by atoms with van der Waals surface area (Å²) in [7, 11) is 0. The number of hydrogen-bond donors (Lipinski definition) is 0. The minimum Gasteiger partial charge on any atom is -0.490 e. The SMILES string of the molecule is C=CCOc1ccc2c(c1)c(C(=O)OCC)c(C)n2CC(C)C. The van der Waals surface area contributed by atoms with Gasteiger partial charge in [-0.2, -0.15) is 0 Å². The molecule has 124 valence electrons. The van der Waals surface area contributed by atoms with Crippen LogP contribution >= 0.6 is 0 Å². The molecule has 23 heavy (non-hydrogen) atoms. The van der Waals surface area contributed by atoms with Crippen molar-refractivity contribution in [3.05, 3.63) is 42.1 Å². The molecular formula is C19H25NO3. The van der Waals surface area contributed by atoms with E-state index in [0.717, 1.165) is 28.9 Å². The number of fused-ring (bicyclic) bond motifs is 1. The van der Waals surface area contributed by atoms with Crippen molar-refractivity contribution in [2.24, 2.45) is 5.92 Å². The molecule has 2 aromatic rings. The molecule has 0 saturated heterocycles. The highest BCUT2D eigenvalue weighted by molar-refractivity contribution is 6.06. The standard InChI is InChI=1S/C19H25NO3/c1-6-10-23-15-8-9-17-16(11-15)18(19(21)22-7-2)14(5)20(17)12-13(3)4/h6,8-9,11,13H,1,7,10,12H2,2-5H3. The Labute approximate surface area is 137 Å². The first kappa shape index (κ1) is 17.1. The predicted molar refractivity (Wildman–Crippen MR) is 93.2 cm³/mol. The van der Waals surface area contributed by atoms with Crippen LogP contribution in [0.3, 0.4) is 0 Å². The molecule has 1 aromatic carbocycles. The summed E-state index contributed by atoms with van der Waals surface area (Å²) in [5.74, 6) is 0.930. The number of benzene rings is 1. The molecule has 0 fully saturated rings. The molecule has 4 nitrogen and oxygen atoms in total. The second-order valence-corrected chi connectivity index (χ2v) is 5.96. The maximum absolute atomic E-state index is 12.4. The van der Waals surface area contributed by atoms with Gasteiger partial charge in [0.25, 0.3) is 0 Å². The van der Waals surface area contributed by atoms with Gasteiger partial charge in [0, 0.05) is 23.1 Å². The molecule has 0 radical (unpaired) electrons. The summed E-state index contributed by atoms with van der Waals surface area (Å²) in [6.45, 7) is 13.4. The second-order valence-electron chi connectivity index (χ2n) is 5.96. The lowest BCUT2D eigenvalue weighted by molar-refractivity contribution is 0.0527. The third-order valence-electron chi connectivity index (χ3n) is 3.69. The second kappa shape index (κ2) is 7.36. The normalized spacial score (nSPS) is 11.0. The Morgan fingerprint density at radius 1 is 1.39 bits per heavy atom. The lowest BCUT2D eigenvalue weighted by atomic mass is 10.1. The fourth-order valence-electron chi connectivity index (χ4n) is 2.77. The van der Waals surface area contributed by atoms with Gasteiger partial charge in [0.05, 0.1) is 12.2 Å². The maximum Gasteiger partial charge on any atom is 0.340 e. The van der Waals surface area contributed by atoms with Gasteiger partial charge >= 0.3 is 5.97 Å². The summed E-state index contributed by atoms with van der Waals surface area (Å²) in [6.07, 6.45) is 1.70. The zero-order valence-electron chi connectivity index (χ0n) is 14.4. The summed E-state index contributed by atoms with van der Waals surface area (Å²) >= 11 is 0. The third kappa shape index (κ3) is 3.58. The van der Waals surface area contributed by atoms with Crippen LogP contribution in [0.4, 0.5) is 0 Å². The quantitative estimate of drug-likeness (QED) is 0.563. The molecule has 2 rings (SSSR count). The number of aromatic nitrogens is 1. The highest BCUT2D eigenvalue weighted by atomic mass is 16.5. The Morgan fingerprint density at radius 2 is 2.13 bits per heavy atom. The van der Waals surface area contributed by atoms with Crippen molar-refractivity contribution in [2.75, 3.05) is 13.2 Å². The minimum absolute atomic E-state index is 0.279. The van der Waals surface area contributed by atoms with E-state index in [1.54, 1.807) is 6.08 Å². The highest BCUT2D eigenvalue weighted by Gasteiger charge is 2.21. The van der Waals surface area contributed by atoms with Gasteiger partial charge in [0.1, 0.15) is 12.4 Å². The molecule has 1 heterocycles. The number of hydrogen-bond acceptors (Lipinski definition) is 3. The third-order valence-corrected chi connectivity index (χ3v) is 3.69. The Kier molecular flexibility index (Phi) is 5.48. The van der Waals surface area contributed by atoms with Gasteiger partial charge < -0.3 is 14.0 Å². The van der Waals surface area contributed by atoms with Crippen molar-refractivity contribution in [1.29, 1.82) is 0 Å². The Balaban J connectivity index is 2.61. The van der Waals surface area contributed by atoms with Crippen LogP contribution in [0.2, 0.25) is 0 Å². The van der Waals surface area contributed by atoms with Crippen LogP contribution in [-0.2, 0) is 11.3 Å². The zero-order valence-corrected chi connectivity index (χ0v) is 14.4. The number of carbonyl (C=O) groups is 1. The van der Waals surface area contributed by atoms with E-state index in [2.05, 4.69) is 25.0 Å². The topological polar surface area (TPSA) is 40.5 Å². The van der Waals surface area contributed by atoms with Gasteiger partial charge in [-0.1, -0.05) is 26.5 Å². The summed E-state index contributed by atoms with van der Waals surface area (Å²) < 4.78 is 13.0. The summed E-state index contributed by atoms with van der Waals surface area (Å²) in [6, 6.07) is 5.85. The fraction of sp³-hybridized carbons (Fsp3) is 0.421. The van der Waals surface area contributed by atoms with Crippen molar-refractivity contribution in [2.45, 2.75) is 34.2 Å². The molecule has 0 aliphatic carbocycles. The van der Waals surface area contributed by atoms with Gasteiger partial charge in [0.2, 0.25) is 0 Å². The molecule has 0 aliphatic heterocycles. The smallest absolute Gasteiger partial charge is 0.340 e. The van der Waals surface area contributed by atoms with E-state index in [-0.39, 0.29) is 5.97 Å². The summed E-state index contributed by atoms with van der Waals surface area (Å²) in [5.41, 5.74) is 2.60. The number of nitrogens with zero attached hydrogens (tertiary/aromatic N) is 1. The van der Waals surface area contributed by atoms with Crippen LogP contribution in [0, 0.1) is 12.8 Å². The first-order chi connectivity index (χ1) is 11.0. The molecule has 0 unspecified atom stereocenters. The highest BCUT2D eigenvalue weighted by Crippen LogP contribution is 2.30. The van der Waals surface area contributed by atoms with Crippen molar-refractivity contribution in [3.8, 4) is 5.75 Å². The van der Waals surface area contributed by atoms with E-state index in [0.29, 0.717) is 24.7 Å². The average Bonchev–Trinajstić information content (AvgIpc) is 2.77. The van der Waals surface area contributed by atoms with Crippen LogP contribution < -0.4 is 4.74 Å². The van der Waals surface area contributed by atoms with Gasteiger partial charge in [-0.3, -0.25) is 0 Å². The fourth-order valence-corrected chi connectivity index (χ4v) is 2.77. The minimum atomic E-state index is -0.279. The van der Waals surface area contributed by atoms with Crippen LogP contribution in [0.5, 0.6) is 5.75 Å².